The highest BCUT2D eigenvalue weighted by Crippen LogP contribution is 2.30. The zero-order valence-electron chi connectivity index (χ0n) is 9.32. The third-order valence-electron chi connectivity index (χ3n) is 2.26. The van der Waals surface area contributed by atoms with E-state index in [9.17, 15) is 4.39 Å². The zero-order chi connectivity index (χ0) is 12.4. The number of nitrogens with zero attached hydrogens (tertiary/aromatic N) is 2. The number of benzene rings is 1. The lowest BCUT2D eigenvalue weighted by Gasteiger charge is -2.03. The maximum Gasteiger partial charge on any atom is 0.165 e. The summed E-state index contributed by atoms with van der Waals surface area (Å²) in [5.74, 6) is -0.279. The molecule has 1 heterocycles. The Morgan fingerprint density at radius 1 is 1.47 bits per heavy atom. The summed E-state index contributed by atoms with van der Waals surface area (Å²) in [7, 11) is 1.41. The van der Waals surface area contributed by atoms with E-state index in [0.717, 1.165) is 5.01 Å². The number of aromatic nitrogens is 1. The Kier molecular flexibility index (Phi) is 3.07. The summed E-state index contributed by atoms with van der Waals surface area (Å²) in [5, 5.41) is 9.75. The molecule has 0 saturated heterocycles. The van der Waals surface area contributed by atoms with Crippen LogP contribution in [0.1, 0.15) is 9.88 Å². The van der Waals surface area contributed by atoms with Crippen molar-refractivity contribution in [2.45, 2.75) is 6.92 Å². The molecular weight excluding hydrogens is 239 g/mol. The Labute approximate surface area is 102 Å². The molecule has 0 N–H and O–H groups in total. The fourth-order valence-corrected chi connectivity index (χ4v) is 2.25. The Morgan fingerprint density at radius 3 is 2.82 bits per heavy atom. The molecule has 0 saturated carbocycles. The van der Waals surface area contributed by atoms with Gasteiger partial charge in [0.1, 0.15) is 10.9 Å². The van der Waals surface area contributed by atoms with Crippen LogP contribution in [-0.4, -0.2) is 12.1 Å². The van der Waals surface area contributed by atoms with Crippen LogP contribution >= 0.6 is 11.3 Å². The van der Waals surface area contributed by atoms with E-state index in [-0.39, 0.29) is 5.75 Å². The van der Waals surface area contributed by atoms with E-state index in [1.165, 1.54) is 30.6 Å². The van der Waals surface area contributed by atoms with Gasteiger partial charge >= 0.3 is 0 Å². The molecule has 0 unspecified atom stereocenters. The van der Waals surface area contributed by atoms with E-state index in [4.69, 9.17) is 10.00 Å². The van der Waals surface area contributed by atoms with Crippen molar-refractivity contribution in [1.29, 1.82) is 5.26 Å². The minimum atomic E-state index is -0.459. The Hall–Kier alpha value is -1.93. The number of methoxy groups -OCH3 is 1. The smallest absolute Gasteiger partial charge is 0.165 e. The van der Waals surface area contributed by atoms with Gasteiger partial charge in [-0.2, -0.15) is 5.26 Å². The van der Waals surface area contributed by atoms with E-state index in [2.05, 4.69) is 11.1 Å². The van der Waals surface area contributed by atoms with E-state index < -0.39 is 5.82 Å². The lowest BCUT2D eigenvalue weighted by molar-refractivity contribution is 0.386. The first kappa shape index (κ1) is 11.6. The summed E-state index contributed by atoms with van der Waals surface area (Å²) in [4.78, 5) is 4.73. The summed E-state index contributed by atoms with van der Waals surface area (Å²) < 4.78 is 18.4. The zero-order valence-corrected chi connectivity index (χ0v) is 10.1. The molecule has 3 nitrogen and oxygen atoms in total. The van der Waals surface area contributed by atoms with Gasteiger partial charge in [-0.1, -0.05) is 0 Å². The molecule has 0 radical (unpaired) electrons. The van der Waals surface area contributed by atoms with Crippen LogP contribution in [-0.2, 0) is 0 Å². The normalized spacial score (nSPS) is 10.0. The van der Waals surface area contributed by atoms with Gasteiger partial charge in [-0.15, -0.1) is 11.3 Å². The number of nitriles is 1. The van der Waals surface area contributed by atoms with Gasteiger partial charge in [0, 0.05) is 5.56 Å². The van der Waals surface area contributed by atoms with E-state index in [1.54, 1.807) is 6.07 Å². The molecule has 0 amide bonds. The third kappa shape index (κ3) is 2.12. The molecule has 0 aliphatic rings. The molecule has 0 aliphatic heterocycles. The van der Waals surface area contributed by atoms with Crippen LogP contribution in [0.5, 0.6) is 5.75 Å². The molecule has 0 fully saturated rings. The monoisotopic (exact) mass is 248 g/mol. The van der Waals surface area contributed by atoms with Crippen molar-refractivity contribution in [2.75, 3.05) is 7.11 Å². The van der Waals surface area contributed by atoms with Crippen LogP contribution in [0.2, 0.25) is 0 Å². The van der Waals surface area contributed by atoms with Gasteiger partial charge in [0.05, 0.1) is 17.8 Å². The third-order valence-corrected chi connectivity index (χ3v) is 3.14. The number of ether oxygens (including phenoxy) is 1. The Balaban J connectivity index is 2.54. The van der Waals surface area contributed by atoms with Gasteiger partial charge in [-0.3, -0.25) is 0 Å². The maximum atomic E-state index is 13.5. The molecule has 0 atom stereocenters. The maximum absolute atomic E-state index is 13.5. The lowest BCUT2D eigenvalue weighted by atomic mass is 10.1. The van der Waals surface area contributed by atoms with Gasteiger partial charge in [0.15, 0.2) is 11.6 Å². The molecular formula is C12H9FN2OS. The van der Waals surface area contributed by atoms with Gasteiger partial charge in [-0.05, 0) is 25.1 Å². The quantitative estimate of drug-likeness (QED) is 0.820. The standard InChI is InChI=1S/C12H9FN2OS/c1-7-15-12(11(6-14)17-7)8-3-4-10(16-2)9(13)5-8/h3-5H,1-2H3. The SMILES string of the molecule is COc1ccc(-c2nc(C)sc2C#N)cc1F. The summed E-state index contributed by atoms with van der Waals surface area (Å²) in [5.41, 5.74) is 1.11. The predicted molar refractivity (Wildman–Crippen MR) is 63.5 cm³/mol. The average Bonchev–Trinajstić information content (AvgIpc) is 2.70. The van der Waals surface area contributed by atoms with Crippen molar-refractivity contribution in [3.8, 4) is 23.1 Å². The molecule has 1 aromatic carbocycles. The molecule has 5 heteroatoms. The van der Waals surface area contributed by atoms with Gasteiger partial charge < -0.3 is 4.74 Å². The van der Waals surface area contributed by atoms with E-state index in [1.807, 2.05) is 6.92 Å². The molecule has 2 aromatic rings. The first-order valence-corrected chi connectivity index (χ1v) is 5.68. The molecule has 0 bridgehead atoms. The second kappa shape index (κ2) is 4.52. The molecule has 86 valence electrons. The number of rotatable bonds is 2. The Bertz CT molecular complexity index is 601. The molecule has 2 rings (SSSR count). The topological polar surface area (TPSA) is 45.9 Å². The second-order valence-electron chi connectivity index (χ2n) is 3.37. The lowest BCUT2D eigenvalue weighted by Crippen LogP contribution is -1.89. The van der Waals surface area contributed by atoms with Crippen molar-refractivity contribution >= 4 is 11.3 Å². The Morgan fingerprint density at radius 2 is 2.24 bits per heavy atom. The highest BCUT2D eigenvalue weighted by molar-refractivity contribution is 7.12. The average molecular weight is 248 g/mol. The summed E-state index contributed by atoms with van der Waals surface area (Å²) in [6.07, 6.45) is 0. The number of hydrogen-bond donors (Lipinski definition) is 0. The first-order chi connectivity index (χ1) is 8.15. The number of aryl methyl sites for hydroxylation is 1. The van der Waals surface area contributed by atoms with Crippen LogP contribution in [0.4, 0.5) is 4.39 Å². The molecule has 17 heavy (non-hydrogen) atoms. The van der Waals surface area contributed by atoms with Crippen molar-refractivity contribution in [1.82, 2.24) is 4.98 Å². The molecule has 1 aromatic heterocycles. The van der Waals surface area contributed by atoms with Crippen LogP contribution in [0.25, 0.3) is 11.3 Å². The van der Waals surface area contributed by atoms with Crippen LogP contribution in [0.3, 0.4) is 0 Å². The largest absolute Gasteiger partial charge is 0.494 e. The summed E-state index contributed by atoms with van der Waals surface area (Å²) in [6.45, 7) is 1.81. The number of thiazole rings is 1. The van der Waals surface area contributed by atoms with Crippen LogP contribution in [0.15, 0.2) is 18.2 Å². The van der Waals surface area contributed by atoms with Crippen LogP contribution < -0.4 is 4.74 Å². The van der Waals surface area contributed by atoms with Gasteiger partial charge in [-0.25, -0.2) is 9.37 Å². The fraction of sp³-hybridized carbons (Fsp3) is 0.167. The number of halogens is 1. The van der Waals surface area contributed by atoms with Crippen LogP contribution in [0, 0.1) is 24.1 Å². The van der Waals surface area contributed by atoms with Crippen molar-refractivity contribution in [3.63, 3.8) is 0 Å². The molecule has 0 spiro atoms. The van der Waals surface area contributed by atoms with Crippen molar-refractivity contribution < 1.29 is 9.13 Å². The minimum Gasteiger partial charge on any atom is -0.494 e. The molecule has 0 aliphatic carbocycles. The van der Waals surface area contributed by atoms with Crippen molar-refractivity contribution in [3.05, 3.63) is 33.9 Å². The van der Waals surface area contributed by atoms with Crippen molar-refractivity contribution in [2.24, 2.45) is 0 Å². The minimum absolute atomic E-state index is 0.180. The summed E-state index contributed by atoms with van der Waals surface area (Å²) >= 11 is 1.30. The van der Waals surface area contributed by atoms with E-state index in [0.29, 0.717) is 16.1 Å². The van der Waals surface area contributed by atoms with Gasteiger partial charge in [0.25, 0.3) is 0 Å². The summed E-state index contributed by atoms with van der Waals surface area (Å²) in [6, 6.07) is 6.61. The highest BCUT2D eigenvalue weighted by Gasteiger charge is 2.13. The van der Waals surface area contributed by atoms with E-state index >= 15 is 0 Å². The predicted octanol–water partition coefficient (Wildman–Crippen LogP) is 3.14. The fourth-order valence-electron chi connectivity index (χ4n) is 1.51. The first-order valence-electron chi connectivity index (χ1n) is 4.87. The highest BCUT2D eigenvalue weighted by atomic mass is 32.1. The number of hydrogen-bond acceptors (Lipinski definition) is 4. The second-order valence-corrected chi connectivity index (χ2v) is 4.57. The van der Waals surface area contributed by atoms with Gasteiger partial charge in [0.2, 0.25) is 0 Å².